The Kier molecular flexibility index (Phi) is 2.50. The van der Waals surface area contributed by atoms with Crippen LogP contribution in [0.25, 0.3) is 0 Å². The Balaban J connectivity index is 1.82. The Morgan fingerprint density at radius 1 is 1.50 bits per heavy atom. The molecule has 0 unspecified atom stereocenters. The summed E-state index contributed by atoms with van der Waals surface area (Å²) in [6.45, 7) is 2.19. The molecule has 2 rings (SSSR count). The van der Waals surface area contributed by atoms with Gasteiger partial charge in [0.25, 0.3) is 0 Å². The maximum atomic E-state index is 10.5. The number of carboxylic acids is 1. The van der Waals surface area contributed by atoms with Crippen molar-refractivity contribution in [2.24, 2.45) is 5.92 Å². The van der Waals surface area contributed by atoms with Gasteiger partial charge in [0.2, 0.25) is 0 Å². The maximum absolute atomic E-state index is 10.5. The van der Waals surface area contributed by atoms with Crippen LogP contribution in [-0.4, -0.2) is 29.1 Å². The van der Waals surface area contributed by atoms with E-state index in [1.165, 1.54) is 5.56 Å². The van der Waals surface area contributed by atoms with E-state index in [2.05, 4.69) is 11.0 Å². The summed E-state index contributed by atoms with van der Waals surface area (Å²) >= 11 is 0. The number of hydrogen-bond acceptors (Lipinski definition) is 2. The summed E-state index contributed by atoms with van der Waals surface area (Å²) in [6.07, 6.45) is 0. The SMILES string of the molecule is O=C(O)C1CN(Cc2cc[c]cc2)C1. The average Bonchev–Trinajstić information content (AvgIpc) is 2.12. The van der Waals surface area contributed by atoms with Gasteiger partial charge in [-0.05, 0) is 11.6 Å². The van der Waals surface area contributed by atoms with Crippen molar-refractivity contribution in [3.05, 3.63) is 35.9 Å². The number of carbonyl (C=O) groups is 1. The lowest BCUT2D eigenvalue weighted by Gasteiger charge is -2.36. The quantitative estimate of drug-likeness (QED) is 0.773. The summed E-state index contributed by atoms with van der Waals surface area (Å²) in [5.74, 6) is -0.840. The molecule has 73 valence electrons. The van der Waals surface area contributed by atoms with Crippen LogP contribution < -0.4 is 0 Å². The molecule has 14 heavy (non-hydrogen) atoms. The molecule has 0 bridgehead atoms. The van der Waals surface area contributed by atoms with Crippen molar-refractivity contribution >= 4 is 5.97 Å². The number of hydrogen-bond donors (Lipinski definition) is 1. The third-order valence-corrected chi connectivity index (χ3v) is 2.50. The topological polar surface area (TPSA) is 40.5 Å². The predicted molar refractivity (Wildman–Crippen MR) is 51.7 cm³/mol. The molecular formula is C11H12NO2. The standard InChI is InChI=1S/C11H12NO2/c13-11(14)10-7-12(8-10)6-9-4-2-1-3-5-9/h2-5,10H,6-8H2,(H,13,14). The molecule has 1 saturated heterocycles. The number of nitrogens with zero attached hydrogens (tertiary/aromatic N) is 1. The van der Waals surface area contributed by atoms with E-state index in [-0.39, 0.29) is 5.92 Å². The van der Waals surface area contributed by atoms with Crippen LogP contribution in [0.2, 0.25) is 0 Å². The molecule has 0 saturated carbocycles. The van der Waals surface area contributed by atoms with Crippen LogP contribution in [-0.2, 0) is 11.3 Å². The van der Waals surface area contributed by atoms with Crippen LogP contribution in [0.15, 0.2) is 24.3 Å². The fourth-order valence-corrected chi connectivity index (χ4v) is 1.64. The zero-order valence-corrected chi connectivity index (χ0v) is 7.81. The molecule has 1 radical (unpaired) electrons. The van der Waals surface area contributed by atoms with Crippen molar-refractivity contribution in [1.82, 2.24) is 4.90 Å². The summed E-state index contributed by atoms with van der Waals surface area (Å²) in [4.78, 5) is 12.7. The van der Waals surface area contributed by atoms with E-state index in [0.717, 1.165) is 6.54 Å². The summed E-state index contributed by atoms with van der Waals surface area (Å²) in [6, 6.07) is 10.7. The monoisotopic (exact) mass is 190 g/mol. The minimum Gasteiger partial charge on any atom is -0.481 e. The highest BCUT2D eigenvalue weighted by atomic mass is 16.4. The molecule has 0 aliphatic carbocycles. The van der Waals surface area contributed by atoms with Crippen molar-refractivity contribution in [3.8, 4) is 0 Å². The Morgan fingerprint density at radius 3 is 2.71 bits per heavy atom. The van der Waals surface area contributed by atoms with Crippen molar-refractivity contribution < 1.29 is 9.90 Å². The smallest absolute Gasteiger partial charge is 0.309 e. The predicted octanol–water partition coefficient (Wildman–Crippen LogP) is 1.00. The van der Waals surface area contributed by atoms with Crippen LogP contribution >= 0.6 is 0 Å². The van der Waals surface area contributed by atoms with E-state index in [1.807, 2.05) is 24.3 Å². The second-order valence-electron chi connectivity index (χ2n) is 3.64. The normalized spacial score (nSPS) is 17.7. The number of rotatable bonds is 3. The van der Waals surface area contributed by atoms with Crippen molar-refractivity contribution in [2.75, 3.05) is 13.1 Å². The van der Waals surface area contributed by atoms with Gasteiger partial charge in [-0.2, -0.15) is 0 Å². The zero-order valence-electron chi connectivity index (χ0n) is 7.81. The Labute approximate surface area is 83.0 Å². The third-order valence-electron chi connectivity index (χ3n) is 2.50. The second-order valence-corrected chi connectivity index (χ2v) is 3.64. The summed E-state index contributed by atoms with van der Waals surface area (Å²) in [7, 11) is 0. The summed E-state index contributed by atoms with van der Waals surface area (Å²) in [5, 5.41) is 8.69. The van der Waals surface area contributed by atoms with Gasteiger partial charge < -0.3 is 5.11 Å². The van der Waals surface area contributed by atoms with Crippen LogP contribution in [0, 0.1) is 12.0 Å². The largest absolute Gasteiger partial charge is 0.481 e. The minimum absolute atomic E-state index is 0.162. The number of benzene rings is 1. The van der Waals surface area contributed by atoms with Gasteiger partial charge in [-0.3, -0.25) is 9.69 Å². The molecular weight excluding hydrogens is 178 g/mol. The van der Waals surface area contributed by atoms with Gasteiger partial charge in [-0.1, -0.05) is 24.3 Å². The van der Waals surface area contributed by atoms with Crippen LogP contribution in [0.4, 0.5) is 0 Å². The molecule has 1 heterocycles. The lowest BCUT2D eigenvalue weighted by atomic mass is 10.00. The Morgan fingerprint density at radius 2 is 2.14 bits per heavy atom. The van der Waals surface area contributed by atoms with Gasteiger partial charge in [0.1, 0.15) is 0 Å². The minimum atomic E-state index is -0.678. The Hall–Kier alpha value is -1.35. The van der Waals surface area contributed by atoms with Crippen LogP contribution in [0.5, 0.6) is 0 Å². The van der Waals surface area contributed by atoms with Gasteiger partial charge in [-0.25, -0.2) is 0 Å². The number of aliphatic carboxylic acids is 1. The van der Waals surface area contributed by atoms with E-state index in [4.69, 9.17) is 5.11 Å². The first-order valence-electron chi connectivity index (χ1n) is 4.66. The van der Waals surface area contributed by atoms with Gasteiger partial charge in [0.15, 0.2) is 0 Å². The lowest BCUT2D eigenvalue weighted by Crippen LogP contribution is -2.49. The first-order chi connectivity index (χ1) is 6.75. The molecule has 1 aromatic rings. The van der Waals surface area contributed by atoms with Crippen molar-refractivity contribution in [1.29, 1.82) is 0 Å². The van der Waals surface area contributed by atoms with Gasteiger partial charge in [0, 0.05) is 19.6 Å². The fraction of sp³-hybridized carbons (Fsp3) is 0.364. The van der Waals surface area contributed by atoms with Gasteiger partial charge in [0.05, 0.1) is 5.92 Å². The average molecular weight is 190 g/mol. The molecule has 1 N–H and O–H groups in total. The van der Waals surface area contributed by atoms with Gasteiger partial charge >= 0.3 is 5.97 Å². The van der Waals surface area contributed by atoms with E-state index in [0.29, 0.717) is 13.1 Å². The van der Waals surface area contributed by atoms with E-state index < -0.39 is 5.97 Å². The highest BCUT2D eigenvalue weighted by molar-refractivity contribution is 5.71. The summed E-state index contributed by atoms with van der Waals surface area (Å²) < 4.78 is 0. The highest BCUT2D eigenvalue weighted by Gasteiger charge is 2.31. The second kappa shape index (κ2) is 3.80. The first-order valence-corrected chi connectivity index (χ1v) is 4.66. The molecule has 3 heteroatoms. The van der Waals surface area contributed by atoms with Crippen LogP contribution in [0.3, 0.4) is 0 Å². The van der Waals surface area contributed by atoms with E-state index in [9.17, 15) is 4.79 Å². The van der Waals surface area contributed by atoms with E-state index >= 15 is 0 Å². The molecule has 1 aromatic carbocycles. The molecule has 0 amide bonds. The molecule has 0 spiro atoms. The zero-order chi connectivity index (χ0) is 9.97. The lowest BCUT2D eigenvalue weighted by molar-refractivity contribution is -0.147. The third kappa shape index (κ3) is 1.93. The van der Waals surface area contributed by atoms with Gasteiger partial charge in [-0.15, -0.1) is 0 Å². The number of carboxylic acid groups (broad SMARTS) is 1. The van der Waals surface area contributed by atoms with Crippen molar-refractivity contribution in [3.63, 3.8) is 0 Å². The fourth-order valence-electron chi connectivity index (χ4n) is 1.64. The summed E-state index contributed by atoms with van der Waals surface area (Å²) in [5.41, 5.74) is 1.22. The van der Waals surface area contributed by atoms with Crippen LogP contribution in [0.1, 0.15) is 5.56 Å². The molecule has 3 nitrogen and oxygen atoms in total. The highest BCUT2D eigenvalue weighted by Crippen LogP contribution is 2.18. The molecule has 0 aromatic heterocycles. The van der Waals surface area contributed by atoms with E-state index in [1.54, 1.807) is 0 Å². The maximum Gasteiger partial charge on any atom is 0.309 e. The molecule has 0 atom stereocenters. The number of likely N-dealkylation sites (tertiary alicyclic amines) is 1. The Bertz CT molecular complexity index is 317. The first kappa shape index (κ1) is 9.21. The molecule has 1 aliphatic rings. The molecule has 1 aliphatic heterocycles. The molecule has 1 fully saturated rings. The van der Waals surface area contributed by atoms with Crippen molar-refractivity contribution in [2.45, 2.75) is 6.54 Å².